The summed E-state index contributed by atoms with van der Waals surface area (Å²) in [4.78, 5) is 10.6. The molecule has 5 heteroatoms. The Hall–Kier alpha value is -1.07. The Balaban J connectivity index is 3.00. The highest BCUT2D eigenvalue weighted by atomic mass is 16.6. The molecule has 1 aliphatic rings. The second-order valence-corrected chi connectivity index (χ2v) is 4.45. The van der Waals surface area contributed by atoms with Crippen molar-refractivity contribution in [3.05, 3.63) is 11.8 Å². The summed E-state index contributed by atoms with van der Waals surface area (Å²) < 4.78 is 4.83. The fourth-order valence-corrected chi connectivity index (χ4v) is 1.65. The van der Waals surface area contributed by atoms with Gasteiger partial charge in [-0.25, -0.2) is 4.79 Å². The molecule has 1 heterocycles. The van der Waals surface area contributed by atoms with E-state index in [1.165, 1.54) is 0 Å². The predicted octanol–water partition coefficient (Wildman–Crippen LogP) is 1.23. The van der Waals surface area contributed by atoms with Gasteiger partial charge < -0.3 is 15.7 Å². The summed E-state index contributed by atoms with van der Waals surface area (Å²) >= 11 is 0. The van der Waals surface area contributed by atoms with Crippen LogP contribution in [0.3, 0.4) is 0 Å². The van der Waals surface area contributed by atoms with Crippen molar-refractivity contribution in [3.63, 3.8) is 0 Å². The molecule has 1 amide bonds. The molecule has 0 bridgehead atoms. The summed E-state index contributed by atoms with van der Waals surface area (Å²) in [5, 5.41) is 11.0. The van der Waals surface area contributed by atoms with Crippen LogP contribution in [0.15, 0.2) is 11.8 Å². The van der Waals surface area contributed by atoms with E-state index in [4.69, 9.17) is 10.5 Å². The number of carbonyl (C=O) groups excluding carboxylic acids is 1. The first-order valence-corrected chi connectivity index (χ1v) is 4.38. The normalized spacial score (nSPS) is 24.5. The zero-order valence-electron chi connectivity index (χ0n) is 8.87. The zero-order chi connectivity index (χ0) is 11.1. The third-order valence-corrected chi connectivity index (χ3v) is 2.37. The van der Waals surface area contributed by atoms with E-state index in [-0.39, 0.29) is 0 Å². The number of carbonyl (C=O) groups is 1. The molecule has 5 nitrogen and oxygen atoms in total. The van der Waals surface area contributed by atoms with E-state index in [2.05, 4.69) is 0 Å². The third kappa shape index (κ3) is 1.60. The number of hydrogen-bond acceptors (Lipinski definition) is 4. The lowest BCUT2D eigenvalue weighted by Crippen LogP contribution is -2.48. The predicted molar refractivity (Wildman–Crippen MR) is 50.5 cm³/mol. The molecule has 1 rings (SSSR count). The number of amides is 1. The van der Waals surface area contributed by atoms with Crippen molar-refractivity contribution in [1.29, 1.82) is 0 Å². The molecular formula is C9H16N2O3. The minimum Gasteiger partial charge on any atom is -0.413 e. The number of primary amides is 1. The number of nitrogens with two attached hydrogens (primary N) is 1. The number of nitrogens with zero attached hydrogens (tertiary/aromatic N) is 1. The average molecular weight is 200 g/mol. The molecule has 0 atom stereocenters. The van der Waals surface area contributed by atoms with Crippen molar-refractivity contribution in [3.8, 4) is 0 Å². The molecule has 0 aromatic heterocycles. The van der Waals surface area contributed by atoms with Crippen LogP contribution in [0.25, 0.3) is 0 Å². The standard InChI is InChI=1S/C9H16N2O3/c1-8(2)5-6(14-7(10)12)9(3,4)11(8)13/h5,13H,1-4H3,(H2,10,12). The van der Waals surface area contributed by atoms with E-state index in [0.29, 0.717) is 5.76 Å². The molecule has 0 aromatic rings. The Kier molecular flexibility index (Phi) is 2.33. The number of rotatable bonds is 1. The molecule has 0 aliphatic carbocycles. The van der Waals surface area contributed by atoms with E-state index in [9.17, 15) is 10.0 Å². The maximum atomic E-state index is 10.6. The van der Waals surface area contributed by atoms with Crippen molar-refractivity contribution in [2.45, 2.75) is 38.8 Å². The van der Waals surface area contributed by atoms with Crippen LogP contribution in [-0.4, -0.2) is 27.4 Å². The van der Waals surface area contributed by atoms with Crippen LogP contribution in [0.1, 0.15) is 27.7 Å². The van der Waals surface area contributed by atoms with Gasteiger partial charge in [0.05, 0.1) is 11.1 Å². The first-order chi connectivity index (χ1) is 6.18. The molecule has 0 spiro atoms. The minimum atomic E-state index is -0.865. The highest BCUT2D eigenvalue weighted by Gasteiger charge is 2.47. The van der Waals surface area contributed by atoms with E-state index in [1.54, 1.807) is 19.9 Å². The molecule has 14 heavy (non-hydrogen) atoms. The van der Waals surface area contributed by atoms with Crippen LogP contribution in [0.2, 0.25) is 0 Å². The van der Waals surface area contributed by atoms with Crippen LogP contribution in [0.5, 0.6) is 0 Å². The van der Waals surface area contributed by atoms with Crippen LogP contribution in [-0.2, 0) is 4.74 Å². The van der Waals surface area contributed by atoms with Gasteiger partial charge in [0.1, 0.15) is 5.76 Å². The summed E-state index contributed by atoms with van der Waals surface area (Å²) in [5.74, 6) is 0.373. The Morgan fingerprint density at radius 1 is 1.50 bits per heavy atom. The Morgan fingerprint density at radius 3 is 2.29 bits per heavy atom. The van der Waals surface area contributed by atoms with Crippen LogP contribution >= 0.6 is 0 Å². The maximum absolute atomic E-state index is 10.6. The quantitative estimate of drug-likeness (QED) is 0.667. The van der Waals surface area contributed by atoms with Crippen molar-refractivity contribution in [2.24, 2.45) is 5.73 Å². The minimum absolute atomic E-state index is 0.373. The maximum Gasteiger partial charge on any atom is 0.409 e. The van der Waals surface area contributed by atoms with E-state index < -0.39 is 17.2 Å². The Morgan fingerprint density at radius 2 is 2.00 bits per heavy atom. The molecule has 0 saturated heterocycles. The molecule has 0 radical (unpaired) electrons. The summed E-state index contributed by atoms with van der Waals surface area (Å²) in [7, 11) is 0. The number of ether oxygens (including phenoxy) is 1. The van der Waals surface area contributed by atoms with Gasteiger partial charge in [0.15, 0.2) is 0 Å². The van der Waals surface area contributed by atoms with E-state index in [0.717, 1.165) is 5.06 Å². The van der Waals surface area contributed by atoms with Crippen molar-refractivity contribution in [2.75, 3.05) is 0 Å². The second kappa shape index (κ2) is 2.96. The summed E-state index contributed by atoms with van der Waals surface area (Å²) in [6.07, 6.45) is 0.813. The Labute approximate surface area is 83.1 Å². The van der Waals surface area contributed by atoms with Crippen LogP contribution < -0.4 is 5.73 Å². The SMILES string of the molecule is CC1(C)C=C(OC(N)=O)C(C)(C)N1O. The fourth-order valence-electron chi connectivity index (χ4n) is 1.65. The average Bonchev–Trinajstić information content (AvgIpc) is 2.12. The zero-order valence-corrected chi connectivity index (χ0v) is 8.87. The fraction of sp³-hybridized carbons (Fsp3) is 0.667. The summed E-state index contributed by atoms with van der Waals surface area (Å²) in [6.45, 7) is 7.12. The second-order valence-electron chi connectivity index (χ2n) is 4.45. The van der Waals surface area contributed by atoms with Gasteiger partial charge in [-0.3, -0.25) is 0 Å². The van der Waals surface area contributed by atoms with Crippen molar-refractivity contribution >= 4 is 6.09 Å². The third-order valence-electron chi connectivity index (χ3n) is 2.37. The lowest BCUT2D eigenvalue weighted by molar-refractivity contribution is -0.190. The molecular weight excluding hydrogens is 184 g/mol. The molecule has 0 fully saturated rings. The van der Waals surface area contributed by atoms with Crippen LogP contribution in [0, 0.1) is 0 Å². The van der Waals surface area contributed by atoms with Gasteiger partial charge in [0.2, 0.25) is 0 Å². The van der Waals surface area contributed by atoms with Gasteiger partial charge in [-0.1, -0.05) is 0 Å². The first kappa shape index (κ1) is 11.0. The van der Waals surface area contributed by atoms with E-state index >= 15 is 0 Å². The summed E-state index contributed by atoms with van der Waals surface area (Å²) in [5.41, 5.74) is 3.63. The molecule has 0 saturated carbocycles. The first-order valence-electron chi connectivity index (χ1n) is 4.38. The van der Waals surface area contributed by atoms with Gasteiger partial charge in [-0.05, 0) is 33.8 Å². The number of hydroxylamine groups is 2. The molecule has 80 valence electrons. The highest BCUT2D eigenvalue weighted by molar-refractivity contribution is 5.66. The lowest BCUT2D eigenvalue weighted by atomic mass is 10.1. The Bertz CT molecular complexity index is 294. The topological polar surface area (TPSA) is 75.8 Å². The van der Waals surface area contributed by atoms with Gasteiger partial charge >= 0.3 is 6.09 Å². The van der Waals surface area contributed by atoms with Gasteiger partial charge in [0, 0.05) is 0 Å². The monoisotopic (exact) mass is 200 g/mol. The highest BCUT2D eigenvalue weighted by Crippen LogP contribution is 2.38. The number of hydrogen-bond donors (Lipinski definition) is 2. The molecule has 0 unspecified atom stereocenters. The smallest absolute Gasteiger partial charge is 0.409 e. The van der Waals surface area contributed by atoms with Gasteiger partial charge in [-0.15, -0.1) is 0 Å². The van der Waals surface area contributed by atoms with Gasteiger partial charge in [0.25, 0.3) is 0 Å². The molecule has 3 N–H and O–H groups in total. The molecule has 1 aliphatic heterocycles. The van der Waals surface area contributed by atoms with Crippen molar-refractivity contribution < 1.29 is 14.7 Å². The molecule has 0 aromatic carbocycles. The van der Waals surface area contributed by atoms with Crippen LogP contribution in [0.4, 0.5) is 4.79 Å². The van der Waals surface area contributed by atoms with E-state index in [1.807, 2.05) is 13.8 Å². The summed E-state index contributed by atoms with van der Waals surface area (Å²) in [6, 6.07) is 0. The lowest BCUT2D eigenvalue weighted by Gasteiger charge is -2.35. The van der Waals surface area contributed by atoms with Gasteiger partial charge in [-0.2, -0.15) is 5.06 Å². The largest absolute Gasteiger partial charge is 0.413 e. The van der Waals surface area contributed by atoms with Crippen molar-refractivity contribution in [1.82, 2.24) is 5.06 Å².